The molecule has 2 aromatic carbocycles. The molecule has 4 rings (SSSR count). The number of rotatable bonds is 4. The molecule has 146 valence electrons. The van der Waals surface area contributed by atoms with Crippen molar-refractivity contribution in [2.75, 3.05) is 0 Å². The van der Waals surface area contributed by atoms with E-state index in [9.17, 15) is 10.1 Å². The van der Waals surface area contributed by atoms with Crippen molar-refractivity contribution >= 4 is 34.1 Å². The Balaban J connectivity index is 1.59. The Morgan fingerprint density at radius 2 is 1.69 bits per heavy atom. The van der Waals surface area contributed by atoms with Crippen LogP contribution in [0.15, 0.2) is 48.5 Å². The summed E-state index contributed by atoms with van der Waals surface area (Å²) in [5.41, 5.74) is 3.24. The van der Waals surface area contributed by atoms with Crippen molar-refractivity contribution in [3.63, 3.8) is 0 Å². The Morgan fingerprint density at radius 1 is 1.00 bits per heavy atom. The maximum absolute atomic E-state index is 10.7. The van der Waals surface area contributed by atoms with E-state index < -0.39 is 4.92 Å². The minimum Gasteiger partial charge on any atom is -0.258 e. The maximum Gasteiger partial charge on any atom is 0.269 e. The second kappa shape index (κ2) is 7.21. The topological polar surface area (TPSA) is 86.2 Å². The number of hydrogen-bond donors (Lipinski definition) is 0. The SMILES string of the molecule is CC(C)(C)c1ccc(-c2nnc3sc(C=Cc4ccc([N+](=O)[O-])cc4)nn23)cc1. The molecule has 0 aliphatic carbocycles. The summed E-state index contributed by atoms with van der Waals surface area (Å²) >= 11 is 1.43. The van der Waals surface area contributed by atoms with E-state index in [1.807, 2.05) is 24.3 Å². The van der Waals surface area contributed by atoms with Gasteiger partial charge in [-0.15, -0.1) is 10.2 Å². The summed E-state index contributed by atoms with van der Waals surface area (Å²) < 4.78 is 1.74. The van der Waals surface area contributed by atoms with Crippen LogP contribution in [0.1, 0.15) is 36.9 Å². The van der Waals surface area contributed by atoms with Crippen LogP contribution in [0.4, 0.5) is 5.69 Å². The van der Waals surface area contributed by atoms with Crippen LogP contribution in [0.5, 0.6) is 0 Å². The molecule has 0 unspecified atom stereocenters. The zero-order chi connectivity index (χ0) is 20.6. The van der Waals surface area contributed by atoms with Crippen LogP contribution in [0.3, 0.4) is 0 Å². The number of aromatic nitrogens is 4. The first-order chi connectivity index (χ1) is 13.8. The zero-order valence-electron chi connectivity index (χ0n) is 16.2. The molecule has 0 spiro atoms. The van der Waals surface area contributed by atoms with Crippen LogP contribution in [0.25, 0.3) is 28.5 Å². The maximum atomic E-state index is 10.7. The highest BCUT2D eigenvalue weighted by Crippen LogP contribution is 2.27. The van der Waals surface area contributed by atoms with Crippen LogP contribution in [0.2, 0.25) is 0 Å². The van der Waals surface area contributed by atoms with Crippen molar-refractivity contribution in [1.29, 1.82) is 0 Å². The minimum absolute atomic E-state index is 0.0723. The quantitative estimate of drug-likeness (QED) is 0.343. The third kappa shape index (κ3) is 3.93. The summed E-state index contributed by atoms with van der Waals surface area (Å²) in [7, 11) is 0. The Hall–Kier alpha value is -3.39. The molecule has 0 amide bonds. The molecule has 0 saturated heterocycles. The molecule has 29 heavy (non-hydrogen) atoms. The molecule has 4 aromatic rings. The fourth-order valence-electron chi connectivity index (χ4n) is 2.87. The number of nitrogens with zero attached hydrogens (tertiary/aromatic N) is 5. The largest absolute Gasteiger partial charge is 0.269 e. The lowest BCUT2D eigenvalue weighted by Gasteiger charge is -2.18. The van der Waals surface area contributed by atoms with E-state index in [0.29, 0.717) is 10.8 Å². The van der Waals surface area contributed by atoms with E-state index in [1.165, 1.54) is 29.0 Å². The van der Waals surface area contributed by atoms with Crippen LogP contribution in [-0.2, 0) is 5.41 Å². The van der Waals surface area contributed by atoms with E-state index in [0.717, 1.165) is 16.1 Å². The third-order valence-corrected chi connectivity index (χ3v) is 5.40. The van der Waals surface area contributed by atoms with Crippen LogP contribution < -0.4 is 0 Å². The number of benzene rings is 2. The third-order valence-electron chi connectivity index (χ3n) is 4.54. The molecule has 0 atom stereocenters. The van der Waals surface area contributed by atoms with Crippen molar-refractivity contribution in [2.45, 2.75) is 26.2 Å². The molecule has 7 nitrogen and oxygen atoms in total. The first-order valence-corrected chi connectivity index (χ1v) is 9.88. The van der Waals surface area contributed by atoms with Gasteiger partial charge in [0.05, 0.1) is 4.92 Å². The number of hydrogen-bond acceptors (Lipinski definition) is 6. The Labute approximate surface area is 171 Å². The number of fused-ring (bicyclic) bond motifs is 1. The fraction of sp³-hybridized carbons (Fsp3) is 0.190. The van der Waals surface area contributed by atoms with Gasteiger partial charge in [0.1, 0.15) is 5.01 Å². The highest BCUT2D eigenvalue weighted by atomic mass is 32.1. The lowest BCUT2D eigenvalue weighted by Crippen LogP contribution is -2.10. The number of nitro groups is 1. The molecule has 2 aromatic heterocycles. The minimum atomic E-state index is -0.411. The molecular weight excluding hydrogens is 386 g/mol. The molecular formula is C21H19N5O2S. The van der Waals surface area contributed by atoms with Gasteiger partial charge in [-0.25, -0.2) is 0 Å². The number of non-ortho nitro benzene ring substituents is 1. The van der Waals surface area contributed by atoms with Gasteiger partial charge in [-0.2, -0.15) is 9.61 Å². The standard InChI is InChI=1S/C21H19N5O2S/c1-21(2,3)16-9-7-15(8-10-16)19-22-23-20-25(19)24-18(29-20)13-6-14-4-11-17(12-5-14)26(27)28/h4-13H,1-3H3. The summed E-state index contributed by atoms with van der Waals surface area (Å²) in [6, 6.07) is 14.7. The van der Waals surface area contributed by atoms with Gasteiger partial charge in [-0.05, 0) is 34.8 Å². The highest BCUT2D eigenvalue weighted by molar-refractivity contribution is 7.17. The molecule has 0 radical (unpaired) electrons. The molecule has 8 heteroatoms. The van der Waals surface area contributed by atoms with Crippen LogP contribution in [0, 0.1) is 10.1 Å². The summed E-state index contributed by atoms with van der Waals surface area (Å²) in [5, 5.41) is 24.6. The van der Waals surface area contributed by atoms with E-state index in [2.05, 4.69) is 48.2 Å². The van der Waals surface area contributed by atoms with Crippen LogP contribution in [-0.4, -0.2) is 24.7 Å². The van der Waals surface area contributed by atoms with Crippen LogP contribution >= 0.6 is 11.3 Å². The predicted octanol–water partition coefficient (Wildman–Crippen LogP) is 5.23. The van der Waals surface area contributed by atoms with Crippen molar-refractivity contribution in [3.05, 3.63) is 74.8 Å². The van der Waals surface area contributed by atoms with Crippen molar-refractivity contribution < 1.29 is 4.92 Å². The molecule has 0 N–H and O–H groups in total. The first-order valence-electron chi connectivity index (χ1n) is 9.07. The summed E-state index contributed by atoms with van der Waals surface area (Å²) in [4.78, 5) is 11.0. The van der Waals surface area contributed by atoms with E-state index in [4.69, 9.17) is 0 Å². The van der Waals surface area contributed by atoms with Gasteiger partial charge in [0.15, 0.2) is 5.82 Å². The summed E-state index contributed by atoms with van der Waals surface area (Å²) in [6.07, 6.45) is 3.74. The van der Waals surface area contributed by atoms with Crippen molar-refractivity contribution in [3.8, 4) is 11.4 Å². The van der Waals surface area contributed by atoms with Gasteiger partial charge in [0.25, 0.3) is 5.69 Å². The first kappa shape index (κ1) is 18.9. The zero-order valence-corrected chi connectivity index (χ0v) is 17.1. The second-order valence-corrected chi connectivity index (χ2v) is 8.66. The average molecular weight is 405 g/mol. The Kier molecular flexibility index (Phi) is 4.71. The van der Waals surface area contributed by atoms with Gasteiger partial charge in [-0.3, -0.25) is 10.1 Å². The van der Waals surface area contributed by atoms with Crippen molar-refractivity contribution in [2.24, 2.45) is 0 Å². The van der Waals surface area contributed by atoms with Gasteiger partial charge < -0.3 is 0 Å². The highest BCUT2D eigenvalue weighted by Gasteiger charge is 2.16. The van der Waals surface area contributed by atoms with E-state index in [-0.39, 0.29) is 11.1 Å². The molecule has 0 aliphatic rings. The molecule has 2 heterocycles. The summed E-state index contributed by atoms with van der Waals surface area (Å²) in [5.74, 6) is 0.701. The Bertz CT molecular complexity index is 1200. The van der Waals surface area contributed by atoms with Gasteiger partial charge in [-0.1, -0.05) is 62.4 Å². The van der Waals surface area contributed by atoms with E-state index >= 15 is 0 Å². The monoisotopic (exact) mass is 405 g/mol. The average Bonchev–Trinajstić information content (AvgIpc) is 3.26. The van der Waals surface area contributed by atoms with E-state index in [1.54, 1.807) is 16.6 Å². The Morgan fingerprint density at radius 3 is 2.31 bits per heavy atom. The lowest BCUT2D eigenvalue weighted by molar-refractivity contribution is -0.384. The fourth-order valence-corrected chi connectivity index (χ4v) is 3.61. The predicted molar refractivity (Wildman–Crippen MR) is 115 cm³/mol. The lowest BCUT2D eigenvalue weighted by atomic mass is 9.87. The van der Waals surface area contributed by atoms with Gasteiger partial charge >= 0.3 is 0 Å². The molecule has 0 aliphatic heterocycles. The summed E-state index contributed by atoms with van der Waals surface area (Å²) in [6.45, 7) is 6.55. The molecule has 0 bridgehead atoms. The molecule has 0 fully saturated rings. The number of nitro benzene ring substituents is 1. The van der Waals surface area contributed by atoms with Gasteiger partial charge in [0.2, 0.25) is 4.96 Å². The normalized spacial score (nSPS) is 12.1. The van der Waals surface area contributed by atoms with Crippen molar-refractivity contribution in [1.82, 2.24) is 19.8 Å². The smallest absolute Gasteiger partial charge is 0.258 e. The molecule has 0 saturated carbocycles. The second-order valence-electron chi connectivity index (χ2n) is 7.67. The van der Waals surface area contributed by atoms with Gasteiger partial charge in [0, 0.05) is 17.7 Å².